The van der Waals surface area contributed by atoms with E-state index in [0.29, 0.717) is 5.84 Å². The van der Waals surface area contributed by atoms with Crippen LogP contribution in [-0.4, -0.2) is 11.5 Å². The highest BCUT2D eigenvalue weighted by molar-refractivity contribution is 6.13. The SMILES string of the molecule is c1ccc(C(=N/N=C2/N=Nc3ccccc32)c2ccccc2)cc1. The maximum absolute atomic E-state index is 4.50. The lowest BCUT2D eigenvalue weighted by molar-refractivity contribution is 1.20. The van der Waals surface area contributed by atoms with E-state index in [9.17, 15) is 0 Å². The average molecular weight is 310 g/mol. The van der Waals surface area contributed by atoms with Crippen molar-refractivity contribution < 1.29 is 0 Å². The standard InChI is InChI=1S/C20H14N4/c1-3-9-15(10-4-1)19(16-11-5-2-6-12-16)22-24-20-17-13-7-8-14-18(17)21-23-20/h1-14H/b24-20+. The van der Waals surface area contributed by atoms with Gasteiger partial charge in [0, 0.05) is 11.1 Å². The zero-order chi connectivity index (χ0) is 16.2. The number of fused-ring (bicyclic) bond motifs is 1. The van der Waals surface area contributed by atoms with Crippen LogP contribution in [0.1, 0.15) is 16.7 Å². The Bertz CT molecular complexity index is 900. The zero-order valence-corrected chi connectivity index (χ0v) is 12.9. The first kappa shape index (κ1) is 14.2. The lowest BCUT2D eigenvalue weighted by atomic mass is 10.0. The predicted octanol–water partition coefficient (Wildman–Crippen LogP) is 4.98. The lowest BCUT2D eigenvalue weighted by Gasteiger charge is -2.05. The minimum absolute atomic E-state index is 0.537. The largest absolute Gasteiger partial charge is 0.205 e. The van der Waals surface area contributed by atoms with Gasteiger partial charge in [-0.1, -0.05) is 72.8 Å². The molecule has 0 spiro atoms. The van der Waals surface area contributed by atoms with Crippen molar-refractivity contribution in [1.29, 1.82) is 0 Å². The van der Waals surface area contributed by atoms with Gasteiger partial charge in [-0.25, -0.2) is 0 Å². The summed E-state index contributed by atoms with van der Waals surface area (Å²) in [5.41, 5.74) is 4.56. The summed E-state index contributed by atoms with van der Waals surface area (Å²) in [6.45, 7) is 0. The Morgan fingerprint density at radius 2 is 1.21 bits per heavy atom. The van der Waals surface area contributed by atoms with Gasteiger partial charge in [-0.2, -0.15) is 0 Å². The Labute approximate surface area is 139 Å². The van der Waals surface area contributed by atoms with Crippen LogP contribution in [-0.2, 0) is 0 Å². The van der Waals surface area contributed by atoms with E-state index < -0.39 is 0 Å². The molecule has 1 aliphatic rings. The highest BCUT2D eigenvalue weighted by Gasteiger charge is 2.15. The van der Waals surface area contributed by atoms with E-state index in [1.54, 1.807) is 0 Å². The molecule has 0 unspecified atom stereocenters. The van der Waals surface area contributed by atoms with Crippen molar-refractivity contribution in [3.8, 4) is 0 Å². The monoisotopic (exact) mass is 310 g/mol. The Balaban J connectivity index is 1.79. The lowest BCUT2D eigenvalue weighted by Crippen LogP contribution is -2.03. The van der Waals surface area contributed by atoms with Gasteiger partial charge in [0.1, 0.15) is 5.71 Å². The van der Waals surface area contributed by atoms with Crippen molar-refractivity contribution in [2.24, 2.45) is 20.4 Å². The first-order valence-electron chi connectivity index (χ1n) is 7.69. The van der Waals surface area contributed by atoms with E-state index in [1.165, 1.54) is 0 Å². The van der Waals surface area contributed by atoms with Gasteiger partial charge in [-0.15, -0.1) is 20.4 Å². The molecule has 0 aliphatic carbocycles. The summed E-state index contributed by atoms with van der Waals surface area (Å²) in [6, 6.07) is 27.8. The van der Waals surface area contributed by atoms with Gasteiger partial charge in [0.05, 0.1) is 11.3 Å². The van der Waals surface area contributed by atoms with Crippen LogP contribution < -0.4 is 0 Å². The van der Waals surface area contributed by atoms with Crippen LogP contribution in [0.15, 0.2) is 105 Å². The molecule has 1 heterocycles. The summed E-state index contributed by atoms with van der Waals surface area (Å²) in [5.74, 6) is 0.537. The second-order valence-corrected chi connectivity index (χ2v) is 5.32. The molecule has 0 saturated carbocycles. The first-order chi connectivity index (χ1) is 11.9. The van der Waals surface area contributed by atoms with Crippen molar-refractivity contribution in [3.05, 3.63) is 102 Å². The van der Waals surface area contributed by atoms with E-state index in [-0.39, 0.29) is 0 Å². The number of rotatable bonds is 3. The third-order valence-electron chi connectivity index (χ3n) is 3.74. The predicted molar refractivity (Wildman–Crippen MR) is 96.0 cm³/mol. The van der Waals surface area contributed by atoms with Gasteiger partial charge in [0.2, 0.25) is 5.84 Å². The summed E-state index contributed by atoms with van der Waals surface area (Å²) in [4.78, 5) is 0. The number of nitrogens with zero attached hydrogens (tertiary/aromatic N) is 4. The summed E-state index contributed by atoms with van der Waals surface area (Å²) in [7, 11) is 0. The van der Waals surface area contributed by atoms with E-state index >= 15 is 0 Å². The van der Waals surface area contributed by atoms with Gasteiger partial charge >= 0.3 is 0 Å². The third kappa shape index (κ3) is 2.77. The van der Waals surface area contributed by atoms with Crippen LogP contribution in [0.5, 0.6) is 0 Å². The normalized spacial score (nSPS) is 13.8. The van der Waals surface area contributed by atoms with Crippen LogP contribution in [0.4, 0.5) is 5.69 Å². The number of azo groups is 1. The molecule has 0 atom stereocenters. The van der Waals surface area contributed by atoms with Gasteiger partial charge < -0.3 is 0 Å². The van der Waals surface area contributed by atoms with Crippen molar-refractivity contribution in [2.45, 2.75) is 0 Å². The second kappa shape index (κ2) is 6.38. The summed E-state index contributed by atoms with van der Waals surface area (Å²) < 4.78 is 0. The average Bonchev–Trinajstić information content (AvgIpc) is 3.07. The molecule has 0 fully saturated rings. The number of hydrogen-bond donors (Lipinski definition) is 0. The molecule has 0 bridgehead atoms. The Morgan fingerprint density at radius 1 is 0.625 bits per heavy atom. The highest BCUT2D eigenvalue weighted by Crippen LogP contribution is 2.26. The molecular weight excluding hydrogens is 296 g/mol. The van der Waals surface area contributed by atoms with Gasteiger partial charge in [0.15, 0.2) is 0 Å². The molecule has 0 saturated heterocycles. The Kier molecular flexibility index (Phi) is 3.78. The molecule has 0 aromatic heterocycles. The first-order valence-corrected chi connectivity index (χ1v) is 7.69. The fourth-order valence-corrected chi connectivity index (χ4v) is 2.55. The topological polar surface area (TPSA) is 49.4 Å². The van der Waals surface area contributed by atoms with Crippen LogP contribution in [0, 0.1) is 0 Å². The molecule has 3 aromatic carbocycles. The zero-order valence-electron chi connectivity index (χ0n) is 12.9. The molecule has 1 aliphatic heterocycles. The Morgan fingerprint density at radius 3 is 1.88 bits per heavy atom. The summed E-state index contributed by atoms with van der Waals surface area (Å²) >= 11 is 0. The Hall–Kier alpha value is -3.40. The van der Waals surface area contributed by atoms with Gasteiger partial charge in [0.25, 0.3) is 0 Å². The number of hydrogen-bond acceptors (Lipinski definition) is 3. The molecule has 4 nitrogen and oxygen atoms in total. The van der Waals surface area contributed by atoms with E-state index in [1.807, 2.05) is 84.9 Å². The number of amidine groups is 1. The highest BCUT2D eigenvalue weighted by atomic mass is 15.3. The van der Waals surface area contributed by atoms with Crippen molar-refractivity contribution in [1.82, 2.24) is 0 Å². The van der Waals surface area contributed by atoms with Gasteiger partial charge in [-0.05, 0) is 12.1 Å². The van der Waals surface area contributed by atoms with Crippen molar-refractivity contribution in [2.75, 3.05) is 0 Å². The van der Waals surface area contributed by atoms with Crippen LogP contribution in [0.3, 0.4) is 0 Å². The molecule has 0 N–H and O–H groups in total. The third-order valence-corrected chi connectivity index (χ3v) is 3.74. The molecule has 3 aromatic rings. The van der Waals surface area contributed by atoms with E-state index in [4.69, 9.17) is 0 Å². The molecule has 24 heavy (non-hydrogen) atoms. The molecule has 0 radical (unpaired) electrons. The molecular formula is C20H14N4. The van der Waals surface area contributed by atoms with Crippen molar-refractivity contribution >= 4 is 17.2 Å². The fourth-order valence-electron chi connectivity index (χ4n) is 2.55. The van der Waals surface area contributed by atoms with E-state index in [2.05, 4.69) is 20.4 Å². The summed E-state index contributed by atoms with van der Waals surface area (Å²) in [5, 5.41) is 17.1. The number of benzene rings is 3. The molecule has 0 amide bonds. The fraction of sp³-hybridized carbons (Fsp3) is 0. The van der Waals surface area contributed by atoms with Crippen LogP contribution in [0.25, 0.3) is 0 Å². The minimum Gasteiger partial charge on any atom is -0.148 e. The van der Waals surface area contributed by atoms with Gasteiger partial charge in [-0.3, -0.25) is 0 Å². The van der Waals surface area contributed by atoms with Crippen molar-refractivity contribution in [3.63, 3.8) is 0 Å². The van der Waals surface area contributed by atoms with Crippen LogP contribution in [0.2, 0.25) is 0 Å². The molecule has 4 rings (SSSR count). The second-order valence-electron chi connectivity index (χ2n) is 5.32. The molecule has 4 heteroatoms. The maximum Gasteiger partial charge on any atom is 0.205 e. The maximum atomic E-state index is 4.50. The minimum atomic E-state index is 0.537. The molecule has 114 valence electrons. The van der Waals surface area contributed by atoms with Crippen LogP contribution >= 0.6 is 0 Å². The van der Waals surface area contributed by atoms with E-state index in [0.717, 1.165) is 28.1 Å². The summed E-state index contributed by atoms with van der Waals surface area (Å²) in [6.07, 6.45) is 0. The quantitative estimate of drug-likeness (QED) is 0.484. The smallest absolute Gasteiger partial charge is 0.148 e.